The maximum absolute atomic E-state index is 12.2. The SMILES string of the molecule is O=C1CN(C(=O)CN[C@@H]2CCC[C@H]2Cc2ccccc2)CCN1. The first kappa shape index (κ1) is 16.0. The topological polar surface area (TPSA) is 61.4 Å². The van der Waals surface area contributed by atoms with E-state index in [0.29, 0.717) is 31.6 Å². The minimum absolute atomic E-state index is 0.0326. The molecular weight excluding hydrogens is 290 g/mol. The van der Waals surface area contributed by atoms with Crippen LogP contribution >= 0.6 is 0 Å². The standard InChI is InChI=1S/C18H25N3O2/c22-17-13-21(10-9-19-17)18(23)12-20-16-8-4-7-15(16)11-14-5-2-1-3-6-14/h1-3,5-6,15-16,20H,4,7-13H2,(H,19,22)/t15-,16+/m0/s1. The van der Waals surface area contributed by atoms with Crippen molar-refractivity contribution in [1.29, 1.82) is 0 Å². The highest BCUT2D eigenvalue weighted by Gasteiger charge is 2.28. The number of nitrogens with one attached hydrogen (secondary N) is 2. The van der Waals surface area contributed by atoms with Gasteiger partial charge in [0, 0.05) is 19.1 Å². The summed E-state index contributed by atoms with van der Waals surface area (Å²) in [5.74, 6) is 0.562. The molecule has 0 bridgehead atoms. The van der Waals surface area contributed by atoms with Crippen molar-refractivity contribution >= 4 is 11.8 Å². The van der Waals surface area contributed by atoms with Crippen LogP contribution in [0.5, 0.6) is 0 Å². The van der Waals surface area contributed by atoms with Crippen LogP contribution < -0.4 is 10.6 Å². The smallest absolute Gasteiger partial charge is 0.239 e. The van der Waals surface area contributed by atoms with Gasteiger partial charge in [0.05, 0.1) is 13.1 Å². The highest BCUT2D eigenvalue weighted by molar-refractivity contribution is 5.86. The molecule has 1 saturated heterocycles. The Morgan fingerprint density at radius 3 is 2.87 bits per heavy atom. The first-order valence-corrected chi connectivity index (χ1v) is 8.54. The number of amides is 2. The van der Waals surface area contributed by atoms with E-state index in [1.165, 1.54) is 18.4 Å². The summed E-state index contributed by atoms with van der Waals surface area (Å²) >= 11 is 0. The summed E-state index contributed by atoms with van der Waals surface area (Å²) in [6.07, 6.45) is 4.63. The van der Waals surface area contributed by atoms with Gasteiger partial charge in [0.15, 0.2) is 0 Å². The molecule has 5 nitrogen and oxygen atoms in total. The second-order valence-electron chi connectivity index (χ2n) is 6.53. The van der Waals surface area contributed by atoms with Crippen LogP contribution in [0.25, 0.3) is 0 Å². The lowest BCUT2D eigenvalue weighted by atomic mass is 9.94. The number of carbonyl (C=O) groups is 2. The lowest BCUT2D eigenvalue weighted by Gasteiger charge is -2.28. The maximum atomic E-state index is 12.2. The molecule has 2 aliphatic rings. The normalized spacial score (nSPS) is 24.5. The van der Waals surface area contributed by atoms with E-state index in [9.17, 15) is 9.59 Å². The molecule has 0 aromatic heterocycles. The third-order valence-corrected chi connectivity index (χ3v) is 4.91. The van der Waals surface area contributed by atoms with Crippen molar-refractivity contribution in [2.45, 2.75) is 31.7 Å². The minimum Gasteiger partial charge on any atom is -0.353 e. The van der Waals surface area contributed by atoms with Gasteiger partial charge in [-0.05, 0) is 30.7 Å². The van der Waals surface area contributed by atoms with E-state index in [2.05, 4.69) is 34.9 Å². The van der Waals surface area contributed by atoms with Crippen molar-refractivity contribution in [3.05, 3.63) is 35.9 Å². The average molecular weight is 315 g/mol. The van der Waals surface area contributed by atoms with E-state index < -0.39 is 0 Å². The third kappa shape index (κ3) is 4.32. The van der Waals surface area contributed by atoms with Crippen molar-refractivity contribution in [1.82, 2.24) is 15.5 Å². The Labute approximate surface area is 137 Å². The molecular formula is C18H25N3O2. The predicted molar refractivity (Wildman–Crippen MR) is 88.9 cm³/mol. The molecule has 0 unspecified atom stereocenters. The second-order valence-corrected chi connectivity index (χ2v) is 6.53. The van der Waals surface area contributed by atoms with Crippen LogP contribution in [0.1, 0.15) is 24.8 Å². The van der Waals surface area contributed by atoms with E-state index >= 15 is 0 Å². The Hall–Kier alpha value is -1.88. The molecule has 1 heterocycles. The Bertz CT molecular complexity index is 546. The van der Waals surface area contributed by atoms with Gasteiger partial charge in [-0.3, -0.25) is 9.59 Å². The van der Waals surface area contributed by atoms with E-state index in [4.69, 9.17) is 0 Å². The Morgan fingerprint density at radius 1 is 1.26 bits per heavy atom. The largest absolute Gasteiger partial charge is 0.353 e. The number of carbonyl (C=O) groups excluding carboxylic acids is 2. The summed E-state index contributed by atoms with van der Waals surface area (Å²) in [4.78, 5) is 25.3. The van der Waals surface area contributed by atoms with Crippen LogP contribution in [0, 0.1) is 5.92 Å². The van der Waals surface area contributed by atoms with E-state index in [1.807, 2.05) is 6.07 Å². The molecule has 1 aliphatic heterocycles. The van der Waals surface area contributed by atoms with Crippen LogP contribution in [0.2, 0.25) is 0 Å². The van der Waals surface area contributed by atoms with Gasteiger partial charge in [-0.25, -0.2) is 0 Å². The molecule has 2 atom stereocenters. The fraction of sp³-hybridized carbons (Fsp3) is 0.556. The van der Waals surface area contributed by atoms with Crippen molar-refractivity contribution in [2.24, 2.45) is 5.92 Å². The fourth-order valence-corrected chi connectivity index (χ4v) is 3.65. The summed E-state index contributed by atoms with van der Waals surface area (Å²) in [6, 6.07) is 11.0. The molecule has 2 amide bonds. The van der Waals surface area contributed by atoms with Crippen LogP contribution in [0.3, 0.4) is 0 Å². The molecule has 1 aliphatic carbocycles. The lowest BCUT2D eigenvalue weighted by Crippen LogP contribution is -2.52. The monoisotopic (exact) mass is 315 g/mol. The Balaban J connectivity index is 1.48. The zero-order chi connectivity index (χ0) is 16.1. The second kappa shape index (κ2) is 7.59. The fourth-order valence-electron chi connectivity index (χ4n) is 3.65. The molecule has 3 rings (SSSR count). The van der Waals surface area contributed by atoms with Crippen LogP contribution in [0.4, 0.5) is 0 Å². The van der Waals surface area contributed by atoms with Gasteiger partial charge in [-0.2, -0.15) is 0 Å². The highest BCUT2D eigenvalue weighted by atomic mass is 16.2. The molecule has 1 aromatic carbocycles. The quantitative estimate of drug-likeness (QED) is 0.850. The number of piperazine rings is 1. The molecule has 1 saturated carbocycles. The number of hydrogen-bond acceptors (Lipinski definition) is 3. The molecule has 2 N–H and O–H groups in total. The minimum atomic E-state index is -0.0626. The van der Waals surface area contributed by atoms with E-state index in [-0.39, 0.29) is 18.4 Å². The van der Waals surface area contributed by atoms with Crippen LogP contribution in [0.15, 0.2) is 30.3 Å². The summed E-state index contributed by atoms with van der Waals surface area (Å²) in [5.41, 5.74) is 1.37. The van der Waals surface area contributed by atoms with Crippen molar-refractivity contribution in [3.8, 4) is 0 Å². The molecule has 0 spiro atoms. The zero-order valence-electron chi connectivity index (χ0n) is 13.5. The van der Waals surface area contributed by atoms with Crippen molar-refractivity contribution in [3.63, 3.8) is 0 Å². The van der Waals surface area contributed by atoms with E-state index in [0.717, 1.165) is 12.8 Å². The summed E-state index contributed by atoms with van der Waals surface area (Å²) < 4.78 is 0. The number of rotatable bonds is 5. The number of hydrogen-bond donors (Lipinski definition) is 2. The zero-order valence-corrected chi connectivity index (χ0v) is 13.5. The van der Waals surface area contributed by atoms with Crippen LogP contribution in [-0.2, 0) is 16.0 Å². The summed E-state index contributed by atoms with van der Waals surface area (Å²) in [5, 5.41) is 6.19. The van der Waals surface area contributed by atoms with Gasteiger partial charge in [0.25, 0.3) is 0 Å². The molecule has 124 valence electrons. The summed E-state index contributed by atoms with van der Waals surface area (Å²) in [7, 11) is 0. The first-order chi connectivity index (χ1) is 11.2. The van der Waals surface area contributed by atoms with Crippen molar-refractivity contribution in [2.75, 3.05) is 26.2 Å². The van der Waals surface area contributed by atoms with Gasteiger partial charge < -0.3 is 15.5 Å². The number of benzene rings is 1. The van der Waals surface area contributed by atoms with E-state index in [1.54, 1.807) is 4.90 Å². The van der Waals surface area contributed by atoms with Crippen molar-refractivity contribution < 1.29 is 9.59 Å². The Morgan fingerprint density at radius 2 is 2.09 bits per heavy atom. The van der Waals surface area contributed by atoms with Crippen LogP contribution in [-0.4, -0.2) is 48.9 Å². The van der Waals surface area contributed by atoms with Gasteiger partial charge in [0.2, 0.25) is 11.8 Å². The maximum Gasteiger partial charge on any atom is 0.239 e. The summed E-state index contributed by atoms with van der Waals surface area (Å²) in [6.45, 7) is 1.71. The highest BCUT2D eigenvalue weighted by Crippen LogP contribution is 2.28. The first-order valence-electron chi connectivity index (χ1n) is 8.54. The third-order valence-electron chi connectivity index (χ3n) is 4.91. The van der Waals surface area contributed by atoms with Gasteiger partial charge >= 0.3 is 0 Å². The lowest BCUT2D eigenvalue weighted by molar-refractivity contribution is -0.137. The van der Waals surface area contributed by atoms with Gasteiger partial charge in [0.1, 0.15) is 0 Å². The number of nitrogens with zero attached hydrogens (tertiary/aromatic N) is 1. The Kier molecular flexibility index (Phi) is 5.28. The predicted octanol–water partition coefficient (Wildman–Crippen LogP) is 0.946. The molecule has 23 heavy (non-hydrogen) atoms. The van der Waals surface area contributed by atoms with Gasteiger partial charge in [-0.15, -0.1) is 0 Å². The molecule has 1 aromatic rings. The van der Waals surface area contributed by atoms with Gasteiger partial charge in [-0.1, -0.05) is 36.8 Å². The average Bonchev–Trinajstić information content (AvgIpc) is 3.00. The molecule has 0 radical (unpaired) electrons. The molecule has 5 heteroatoms. The molecule has 2 fully saturated rings.